The van der Waals surface area contributed by atoms with Crippen molar-refractivity contribution < 1.29 is 46.2 Å². The van der Waals surface area contributed by atoms with Crippen molar-refractivity contribution in [1.29, 1.82) is 0 Å². The topological polar surface area (TPSA) is 162 Å². The summed E-state index contributed by atoms with van der Waals surface area (Å²) in [6.45, 7) is 0. The average molecular weight is 862 g/mol. The minimum absolute atomic E-state index is 0. The Kier molecular flexibility index (Phi) is 13.7. The summed E-state index contributed by atoms with van der Waals surface area (Å²) in [6.07, 6.45) is 3.09. The Hall–Kier alpha value is -5.22. The third kappa shape index (κ3) is 9.52. The first kappa shape index (κ1) is 38.6. The van der Waals surface area contributed by atoms with Gasteiger partial charge < -0.3 is 29.2 Å². The summed E-state index contributed by atoms with van der Waals surface area (Å²) in [7, 11) is 6.29. The van der Waals surface area contributed by atoms with E-state index in [2.05, 4.69) is 62.5 Å². The molecule has 0 aliphatic carbocycles. The van der Waals surface area contributed by atoms with Gasteiger partial charge in [0, 0.05) is 26.0 Å². The van der Waals surface area contributed by atoms with Crippen molar-refractivity contribution in [1.82, 2.24) is 19.6 Å². The molecule has 0 saturated carbocycles. The van der Waals surface area contributed by atoms with Gasteiger partial charge in [-0.25, -0.2) is 0 Å². The number of rotatable bonds is 10. The number of benzene rings is 4. The maximum absolute atomic E-state index is 9.83. The number of phenolic OH excluding ortho intramolecular Hbond substituents is 2. The second-order valence-electron chi connectivity index (χ2n) is 9.96. The molecule has 6 rings (SSSR count). The summed E-state index contributed by atoms with van der Waals surface area (Å²) < 4.78 is 25.9. The molecule has 0 bridgehead atoms. The molecule has 2 N–H and O–H groups in total. The predicted octanol–water partition coefficient (Wildman–Crippen LogP) is 9.54. The molecule has 6 aromatic rings. The van der Waals surface area contributed by atoms with Crippen LogP contribution in [0.25, 0.3) is 11.4 Å². The number of phenols is 2. The molecule has 51 heavy (non-hydrogen) atoms. The Balaban J connectivity index is 0.000000224. The molecule has 0 unspecified atom stereocenters. The number of aromatic nitrogens is 4. The van der Waals surface area contributed by atoms with E-state index < -0.39 is 0 Å². The van der Waals surface area contributed by atoms with Gasteiger partial charge in [0.1, 0.15) is 34.4 Å². The summed E-state index contributed by atoms with van der Waals surface area (Å²) in [5, 5.41) is 44.7. The number of hydrogen-bond donors (Lipinski definition) is 2. The predicted molar refractivity (Wildman–Crippen MR) is 193 cm³/mol. The fourth-order valence-electron chi connectivity index (χ4n) is 4.36. The maximum Gasteiger partial charge on any atom is 0.245 e. The van der Waals surface area contributed by atoms with Crippen molar-refractivity contribution in [2.24, 2.45) is 20.5 Å². The van der Waals surface area contributed by atoms with Crippen LogP contribution in [-0.2, 0) is 17.1 Å². The zero-order valence-corrected chi connectivity index (χ0v) is 31.7. The van der Waals surface area contributed by atoms with Gasteiger partial charge in [-0.1, -0.05) is 31.9 Å². The molecule has 0 atom stereocenters. The van der Waals surface area contributed by atoms with Crippen molar-refractivity contribution in [2.45, 2.75) is 0 Å². The van der Waals surface area contributed by atoms with E-state index >= 15 is 0 Å². The molecule has 264 valence electrons. The van der Waals surface area contributed by atoms with E-state index in [1.54, 1.807) is 60.2 Å². The molecule has 2 heterocycles. The molecule has 14 nitrogen and oxygen atoms in total. The number of azo groups is 2. The van der Waals surface area contributed by atoms with E-state index in [1.165, 1.54) is 26.4 Å². The van der Waals surface area contributed by atoms with Crippen LogP contribution in [0.1, 0.15) is 0 Å². The normalized spacial score (nSPS) is 10.8. The van der Waals surface area contributed by atoms with Crippen LogP contribution in [0, 0.1) is 0 Å². The summed E-state index contributed by atoms with van der Waals surface area (Å²) in [6, 6.07) is 24.6. The molecule has 0 saturated heterocycles. The van der Waals surface area contributed by atoms with Crippen molar-refractivity contribution >= 4 is 54.6 Å². The van der Waals surface area contributed by atoms with Crippen molar-refractivity contribution in [3.63, 3.8) is 0 Å². The quantitative estimate of drug-likeness (QED) is 0.102. The fourth-order valence-corrected chi connectivity index (χ4v) is 5.06. The van der Waals surface area contributed by atoms with Crippen LogP contribution in [0.2, 0.25) is 0 Å². The minimum atomic E-state index is 0. The van der Waals surface area contributed by atoms with Gasteiger partial charge in [0.2, 0.25) is 11.8 Å². The number of ether oxygens (including phenoxy) is 4. The number of hydrogen-bond acceptors (Lipinski definition) is 12. The van der Waals surface area contributed by atoms with Gasteiger partial charge in [-0.15, -0.1) is 20.5 Å². The molecular formula is C34H30Br2FeN8O6. The zero-order chi connectivity index (χ0) is 35.6. The SMILES string of the molecule is COc1ccc(-n2ncc(N=Nc3cc(Br)ccc3O)c2OC)cc1.COc1ccc(-n2ncc(N=Nc3cc(Br)ccc3O)c2OC)cc1.[Fe]. The molecule has 0 aliphatic heterocycles. The summed E-state index contributed by atoms with van der Waals surface area (Å²) in [5.41, 5.74) is 3.16. The van der Waals surface area contributed by atoms with Gasteiger partial charge in [0.25, 0.3) is 0 Å². The number of aromatic hydroxyl groups is 2. The van der Waals surface area contributed by atoms with E-state index in [1.807, 2.05) is 48.5 Å². The number of nitrogens with zero attached hydrogens (tertiary/aromatic N) is 8. The Bertz CT molecular complexity index is 1970. The Labute approximate surface area is 320 Å². The van der Waals surface area contributed by atoms with E-state index in [-0.39, 0.29) is 28.6 Å². The van der Waals surface area contributed by atoms with Crippen LogP contribution in [0.4, 0.5) is 22.7 Å². The van der Waals surface area contributed by atoms with Gasteiger partial charge in [-0.2, -0.15) is 19.6 Å². The number of halogens is 2. The van der Waals surface area contributed by atoms with Gasteiger partial charge in [0.15, 0.2) is 11.4 Å². The number of methoxy groups -OCH3 is 4. The average Bonchev–Trinajstić information content (AvgIpc) is 3.76. The minimum Gasteiger partial charge on any atom is -0.506 e. The van der Waals surface area contributed by atoms with E-state index in [0.717, 1.165) is 31.8 Å². The fraction of sp³-hybridized carbons (Fsp3) is 0.118. The van der Waals surface area contributed by atoms with Gasteiger partial charge in [0.05, 0.1) is 52.2 Å². The van der Waals surface area contributed by atoms with Crippen LogP contribution >= 0.6 is 31.9 Å². The molecule has 0 spiro atoms. The third-order valence-corrected chi connectivity index (χ3v) is 7.83. The van der Waals surface area contributed by atoms with Crippen LogP contribution in [0.5, 0.6) is 34.8 Å². The second kappa shape index (κ2) is 18.1. The Morgan fingerprint density at radius 1 is 0.510 bits per heavy atom. The van der Waals surface area contributed by atoms with Crippen molar-refractivity contribution in [3.8, 4) is 46.1 Å². The molecule has 4 aromatic carbocycles. The molecule has 0 amide bonds. The molecule has 0 aliphatic rings. The standard InChI is InChI=1S/2C17H15BrN4O3.Fe/c2*1-24-13-6-4-12(5-7-13)22-17(25-2)15(10-19-22)21-20-14-9-11(18)3-8-16(14)23;/h2*3-10,23H,1-2H3;. The first-order chi connectivity index (χ1) is 24.2. The van der Waals surface area contributed by atoms with Crippen LogP contribution in [-0.4, -0.2) is 58.2 Å². The van der Waals surface area contributed by atoms with E-state index in [9.17, 15) is 10.2 Å². The van der Waals surface area contributed by atoms with Gasteiger partial charge in [-0.3, -0.25) is 0 Å². The summed E-state index contributed by atoms with van der Waals surface area (Å²) in [4.78, 5) is 0. The van der Waals surface area contributed by atoms with Gasteiger partial charge >= 0.3 is 0 Å². The zero-order valence-electron chi connectivity index (χ0n) is 27.5. The smallest absolute Gasteiger partial charge is 0.245 e. The first-order valence-electron chi connectivity index (χ1n) is 14.6. The Morgan fingerprint density at radius 3 is 1.20 bits per heavy atom. The molecule has 0 fully saturated rings. The van der Waals surface area contributed by atoms with E-state index in [4.69, 9.17) is 18.9 Å². The summed E-state index contributed by atoms with van der Waals surface area (Å²) in [5.74, 6) is 2.44. The molecule has 17 heteroatoms. The third-order valence-electron chi connectivity index (χ3n) is 6.84. The maximum atomic E-state index is 9.83. The van der Waals surface area contributed by atoms with Crippen LogP contribution < -0.4 is 18.9 Å². The van der Waals surface area contributed by atoms with Crippen molar-refractivity contribution in [3.05, 3.63) is 106 Å². The molecular weight excluding hydrogens is 832 g/mol. The van der Waals surface area contributed by atoms with Crippen molar-refractivity contribution in [2.75, 3.05) is 28.4 Å². The van der Waals surface area contributed by atoms with Gasteiger partial charge in [-0.05, 0) is 84.9 Å². The first-order valence-corrected chi connectivity index (χ1v) is 16.2. The second-order valence-corrected chi connectivity index (χ2v) is 11.8. The monoisotopic (exact) mass is 860 g/mol. The molecule has 0 radical (unpaired) electrons. The Morgan fingerprint density at radius 2 is 0.863 bits per heavy atom. The summed E-state index contributed by atoms with van der Waals surface area (Å²) >= 11 is 6.67. The van der Waals surface area contributed by atoms with E-state index in [0.29, 0.717) is 34.5 Å². The molecule has 2 aromatic heterocycles. The van der Waals surface area contributed by atoms with Crippen LogP contribution in [0.15, 0.2) is 127 Å². The van der Waals surface area contributed by atoms with Crippen LogP contribution in [0.3, 0.4) is 0 Å². The largest absolute Gasteiger partial charge is 0.506 e.